The number of carbonyl (C=O) groups excluding carboxylic acids is 1. The van der Waals surface area contributed by atoms with E-state index in [1.807, 2.05) is 0 Å². The largest absolute Gasteiger partial charge is 0.460 e. The van der Waals surface area contributed by atoms with Gasteiger partial charge >= 0.3 is 5.97 Å². The van der Waals surface area contributed by atoms with Gasteiger partial charge in [0.15, 0.2) is 6.10 Å². The Morgan fingerprint density at radius 2 is 1.81 bits per heavy atom. The van der Waals surface area contributed by atoms with Crippen molar-refractivity contribution >= 4 is 5.97 Å². The maximum Gasteiger partial charge on any atom is 0.338 e. The van der Waals surface area contributed by atoms with Gasteiger partial charge in [0, 0.05) is 5.92 Å². The minimum Gasteiger partial charge on any atom is -0.460 e. The molecule has 1 aliphatic heterocycles. The predicted molar refractivity (Wildman–Crippen MR) is 107 cm³/mol. The van der Waals surface area contributed by atoms with E-state index in [1.54, 1.807) is 0 Å². The van der Waals surface area contributed by atoms with Crippen molar-refractivity contribution in [2.45, 2.75) is 95.4 Å². The molecule has 1 heterocycles. The van der Waals surface area contributed by atoms with Crippen LogP contribution in [0, 0.1) is 11.8 Å². The molecule has 0 aromatic heterocycles. The molecule has 0 amide bonds. The Labute approximate surface area is 163 Å². The number of benzene rings is 1. The zero-order valence-corrected chi connectivity index (χ0v) is 17.1. The van der Waals surface area contributed by atoms with Crippen LogP contribution < -0.4 is 0 Å². The summed E-state index contributed by atoms with van der Waals surface area (Å²) in [4.78, 5) is 12.9. The zero-order chi connectivity index (χ0) is 19.1. The van der Waals surface area contributed by atoms with Gasteiger partial charge in [0.1, 0.15) is 11.7 Å². The van der Waals surface area contributed by atoms with Gasteiger partial charge in [-0.3, -0.25) is 0 Å². The summed E-state index contributed by atoms with van der Waals surface area (Å²) in [6.07, 6.45) is 8.61. The molecule has 2 aliphatic carbocycles. The predicted octanol–water partition coefficient (Wildman–Crippen LogP) is 5.41. The van der Waals surface area contributed by atoms with E-state index in [1.165, 1.54) is 31.2 Å². The van der Waals surface area contributed by atoms with Crippen molar-refractivity contribution in [3.8, 4) is 0 Å². The van der Waals surface area contributed by atoms with Crippen LogP contribution >= 0.6 is 0 Å². The van der Waals surface area contributed by atoms with Gasteiger partial charge in [-0.1, -0.05) is 76.8 Å². The zero-order valence-electron chi connectivity index (χ0n) is 17.1. The Bertz CT molecular complexity index is 659. The number of epoxide rings is 1. The van der Waals surface area contributed by atoms with Gasteiger partial charge in [-0.05, 0) is 42.6 Å². The summed E-state index contributed by atoms with van der Waals surface area (Å²) < 4.78 is 12.1. The molecule has 4 rings (SSSR count). The van der Waals surface area contributed by atoms with Crippen LogP contribution in [0.3, 0.4) is 0 Å². The summed E-state index contributed by atoms with van der Waals surface area (Å²) in [5.41, 5.74) is 1.14. The lowest BCUT2D eigenvalue weighted by molar-refractivity contribution is -0.158. The molecule has 3 nitrogen and oxygen atoms in total. The average molecular weight is 371 g/mol. The van der Waals surface area contributed by atoms with Gasteiger partial charge in [0.25, 0.3) is 0 Å². The molecule has 27 heavy (non-hydrogen) atoms. The molecule has 1 aromatic carbocycles. The molecule has 1 aromatic rings. The second kappa shape index (κ2) is 7.24. The summed E-state index contributed by atoms with van der Waals surface area (Å²) in [5.74, 6) is 0.848. The Hall–Kier alpha value is -1.35. The molecule has 3 fully saturated rings. The fourth-order valence-corrected chi connectivity index (χ4v) is 5.57. The third-order valence-corrected chi connectivity index (χ3v) is 7.45. The van der Waals surface area contributed by atoms with Gasteiger partial charge in [0.05, 0.1) is 0 Å². The van der Waals surface area contributed by atoms with E-state index in [0.717, 1.165) is 25.7 Å². The third kappa shape index (κ3) is 3.68. The topological polar surface area (TPSA) is 38.8 Å². The molecule has 3 heteroatoms. The first-order valence-corrected chi connectivity index (χ1v) is 10.9. The standard InChI is InChI=1S/C24H34O3/c1-17-12-13-19(23(2,3)18-10-6-4-7-11-18)20(16-17)26-22(25)21-24(27-21)14-8-5-9-15-24/h4,6-7,10-11,17,19-21H,5,8-9,12-16H2,1-3H3/t17-,19-,20-,21?/m1/s1. The van der Waals surface area contributed by atoms with Crippen molar-refractivity contribution in [1.82, 2.24) is 0 Å². The maximum atomic E-state index is 12.9. The van der Waals surface area contributed by atoms with Crippen molar-refractivity contribution in [2.75, 3.05) is 0 Å². The molecule has 0 radical (unpaired) electrons. The number of rotatable bonds is 4. The quantitative estimate of drug-likeness (QED) is 0.525. The van der Waals surface area contributed by atoms with Crippen molar-refractivity contribution in [3.05, 3.63) is 35.9 Å². The molecule has 1 saturated heterocycles. The Balaban J connectivity index is 1.48. The number of carbonyl (C=O) groups is 1. The van der Waals surface area contributed by atoms with E-state index >= 15 is 0 Å². The maximum absolute atomic E-state index is 12.9. The Morgan fingerprint density at radius 1 is 1.11 bits per heavy atom. The summed E-state index contributed by atoms with van der Waals surface area (Å²) in [7, 11) is 0. The van der Waals surface area contributed by atoms with E-state index in [2.05, 4.69) is 51.1 Å². The lowest BCUT2D eigenvalue weighted by atomic mass is 9.64. The minimum atomic E-state index is -0.310. The van der Waals surface area contributed by atoms with E-state index in [9.17, 15) is 4.79 Å². The van der Waals surface area contributed by atoms with Gasteiger partial charge in [-0.2, -0.15) is 0 Å². The Kier molecular flexibility index (Phi) is 5.09. The second-order valence-corrected chi connectivity index (χ2v) is 9.71. The highest BCUT2D eigenvalue weighted by molar-refractivity contribution is 5.79. The SMILES string of the molecule is C[C@@H]1CC[C@@H](C(C)(C)c2ccccc2)[C@H](OC(=O)C2OC23CCCCC3)C1. The van der Waals surface area contributed by atoms with Crippen LogP contribution in [0.25, 0.3) is 0 Å². The van der Waals surface area contributed by atoms with E-state index in [0.29, 0.717) is 11.8 Å². The van der Waals surface area contributed by atoms with Crippen LogP contribution in [0.1, 0.15) is 77.7 Å². The van der Waals surface area contributed by atoms with Crippen LogP contribution in [0.15, 0.2) is 30.3 Å². The van der Waals surface area contributed by atoms with Crippen LogP contribution in [0.2, 0.25) is 0 Å². The van der Waals surface area contributed by atoms with Gasteiger partial charge in [-0.15, -0.1) is 0 Å². The molecule has 0 N–H and O–H groups in total. The highest BCUT2D eigenvalue weighted by atomic mass is 16.7. The molecule has 4 atom stereocenters. The lowest BCUT2D eigenvalue weighted by Crippen LogP contribution is -2.44. The number of hydrogen-bond donors (Lipinski definition) is 0. The molecular weight excluding hydrogens is 336 g/mol. The molecule has 1 spiro atoms. The molecule has 0 bridgehead atoms. The molecular formula is C24H34O3. The highest BCUT2D eigenvalue weighted by Crippen LogP contribution is 2.50. The number of ether oxygens (including phenoxy) is 2. The Morgan fingerprint density at radius 3 is 2.52 bits per heavy atom. The van der Waals surface area contributed by atoms with Gasteiger partial charge < -0.3 is 9.47 Å². The third-order valence-electron chi connectivity index (χ3n) is 7.45. The van der Waals surface area contributed by atoms with Crippen LogP contribution in [0.5, 0.6) is 0 Å². The first-order chi connectivity index (χ1) is 12.9. The second-order valence-electron chi connectivity index (χ2n) is 9.71. The smallest absolute Gasteiger partial charge is 0.338 e. The fourth-order valence-electron chi connectivity index (χ4n) is 5.57. The van der Waals surface area contributed by atoms with Crippen molar-refractivity contribution in [3.63, 3.8) is 0 Å². The van der Waals surface area contributed by atoms with Crippen molar-refractivity contribution < 1.29 is 14.3 Å². The normalized spacial score (nSPS) is 32.9. The molecule has 148 valence electrons. The van der Waals surface area contributed by atoms with Crippen LogP contribution in [-0.4, -0.2) is 23.8 Å². The van der Waals surface area contributed by atoms with Crippen LogP contribution in [-0.2, 0) is 19.7 Å². The van der Waals surface area contributed by atoms with Crippen molar-refractivity contribution in [1.29, 1.82) is 0 Å². The monoisotopic (exact) mass is 370 g/mol. The summed E-state index contributed by atoms with van der Waals surface area (Å²) >= 11 is 0. The van der Waals surface area contributed by atoms with Gasteiger partial charge in [-0.25, -0.2) is 4.79 Å². The summed E-state index contributed by atoms with van der Waals surface area (Å²) in [6.45, 7) is 6.89. The van der Waals surface area contributed by atoms with E-state index in [-0.39, 0.29) is 29.2 Å². The summed E-state index contributed by atoms with van der Waals surface area (Å²) in [5, 5.41) is 0. The van der Waals surface area contributed by atoms with Crippen LogP contribution in [0.4, 0.5) is 0 Å². The molecule has 2 saturated carbocycles. The van der Waals surface area contributed by atoms with E-state index < -0.39 is 0 Å². The summed E-state index contributed by atoms with van der Waals surface area (Å²) in [6, 6.07) is 10.7. The van der Waals surface area contributed by atoms with Crippen molar-refractivity contribution in [2.24, 2.45) is 11.8 Å². The number of esters is 1. The van der Waals surface area contributed by atoms with E-state index in [4.69, 9.17) is 9.47 Å². The first kappa shape index (κ1) is 19.0. The molecule has 3 aliphatic rings. The lowest BCUT2D eigenvalue weighted by Gasteiger charge is -2.44. The first-order valence-electron chi connectivity index (χ1n) is 10.9. The minimum absolute atomic E-state index is 0.0127. The highest BCUT2D eigenvalue weighted by Gasteiger charge is 2.61. The fraction of sp³-hybridized carbons (Fsp3) is 0.708. The molecule has 1 unspecified atom stereocenters. The number of hydrogen-bond acceptors (Lipinski definition) is 3. The van der Waals surface area contributed by atoms with Gasteiger partial charge in [0.2, 0.25) is 0 Å². The average Bonchev–Trinajstić information content (AvgIpc) is 3.36.